The molecule has 0 radical (unpaired) electrons. The van der Waals surface area contributed by atoms with Gasteiger partial charge in [0.25, 0.3) is 0 Å². The summed E-state index contributed by atoms with van der Waals surface area (Å²) in [6.45, 7) is 3.40. The molecule has 0 amide bonds. The standard InChI is InChI=1S/C24H25Cl2NO/c1-18(11-12-19-7-3-2-4-8-19)27-16-20-9-5-6-10-24(20)28-17-21-13-14-22(25)15-23(21)26/h2-10,13-15,18,27H,11-12,16-17H2,1H3/t18-/m0/s1. The Kier molecular flexibility index (Phi) is 7.79. The number of aryl methyl sites for hydroxylation is 1. The number of halogens is 2. The summed E-state index contributed by atoms with van der Waals surface area (Å²) in [7, 11) is 0. The van der Waals surface area contributed by atoms with E-state index in [1.807, 2.05) is 30.3 Å². The average Bonchev–Trinajstić information content (AvgIpc) is 2.71. The van der Waals surface area contributed by atoms with E-state index in [1.165, 1.54) is 5.56 Å². The Bertz CT molecular complexity index is 883. The third-order valence-corrected chi connectivity index (χ3v) is 5.31. The zero-order valence-electron chi connectivity index (χ0n) is 16.0. The van der Waals surface area contributed by atoms with Crippen LogP contribution in [0.5, 0.6) is 5.75 Å². The Labute approximate surface area is 177 Å². The van der Waals surface area contributed by atoms with Crippen molar-refractivity contribution in [3.8, 4) is 5.75 Å². The first-order valence-electron chi connectivity index (χ1n) is 9.54. The highest BCUT2D eigenvalue weighted by molar-refractivity contribution is 6.35. The van der Waals surface area contributed by atoms with E-state index >= 15 is 0 Å². The fourth-order valence-electron chi connectivity index (χ4n) is 3.00. The van der Waals surface area contributed by atoms with Gasteiger partial charge in [-0.15, -0.1) is 0 Å². The lowest BCUT2D eigenvalue weighted by Gasteiger charge is -2.16. The largest absolute Gasteiger partial charge is 0.489 e. The van der Waals surface area contributed by atoms with Gasteiger partial charge in [0, 0.05) is 33.8 Å². The van der Waals surface area contributed by atoms with Gasteiger partial charge in [-0.25, -0.2) is 0 Å². The van der Waals surface area contributed by atoms with Crippen LogP contribution in [0.1, 0.15) is 30.0 Å². The quantitative estimate of drug-likeness (QED) is 0.422. The maximum atomic E-state index is 6.25. The van der Waals surface area contributed by atoms with Crippen LogP contribution >= 0.6 is 23.2 Å². The zero-order valence-corrected chi connectivity index (χ0v) is 17.5. The average molecular weight is 414 g/mol. The van der Waals surface area contributed by atoms with Crippen molar-refractivity contribution in [2.75, 3.05) is 0 Å². The molecule has 0 heterocycles. The Morgan fingerprint density at radius 1 is 0.893 bits per heavy atom. The zero-order chi connectivity index (χ0) is 19.8. The first-order valence-corrected chi connectivity index (χ1v) is 10.3. The minimum absolute atomic E-state index is 0.413. The molecule has 3 aromatic rings. The lowest BCUT2D eigenvalue weighted by Crippen LogP contribution is -2.26. The summed E-state index contributed by atoms with van der Waals surface area (Å²) in [5.41, 5.74) is 3.43. The summed E-state index contributed by atoms with van der Waals surface area (Å²) in [5, 5.41) is 4.85. The molecule has 146 valence electrons. The van der Waals surface area contributed by atoms with Crippen LogP contribution in [0.25, 0.3) is 0 Å². The SMILES string of the molecule is C[C@@H](CCc1ccccc1)NCc1ccccc1OCc1ccc(Cl)cc1Cl. The molecule has 3 rings (SSSR count). The maximum Gasteiger partial charge on any atom is 0.124 e. The molecule has 2 nitrogen and oxygen atoms in total. The van der Waals surface area contributed by atoms with Crippen LogP contribution in [0, 0.1) is 0 Å². The molecule has 28 heavy (non-hydrogen) atoms. The van der Waals surface area contributed by atoms with Gasteiger partial charge in [0.05, 0.1) is 0 Å². The summed E-state index contributed by atoms with van der Waals surface area (Å²) < 4.78 is 6.04. The predicted molar refractivity (Wildman–Crippen MR) is 118 cm³/mol. The Morgan fingerprint density at radius 2 is 1.64 bits per heavy atom. The van der Waals surface area contributed by atoms with Crippen molar-refractivity contribution in [1.82, 2.24) is 5.32 Å². The fraction of sp³-hybridized carbons (Fsp3) is 0.250. The molecule has 3 aromatic carbocycles. The molecule has 0 saturated heterocycles. The molecule has 0 fully saturated rings. The molecule has 0 bridgehead atoms. The normalized spacial score (nSPS) is 12.0. The summed E-state index contributed by atoms with van der Waals surface area (Å²) in [5.74, 6) is 0.872. The van der Waals surface area contributed by atoms with Crippen molar-refractivity contribution in [1.29, 1.82) is 0 Å². The van der Waals surface area contributed by atoms with Crippen LogP contribution in [0.4, 0.5) is 0 Å². The smallest absolute Gasteiger partial charge is 0.124 e. The summed E-state index contributed by atoms with van der Waals surface area (Å²) in [6.07, 6.45) is 2.16. The van der Waals surface area contributed by atoms with E-state index < -0.39 is 0 Å². The molecule has 0 aliphatic heterocycles. The minimum Gasteiger partial charge on any atom is -0.489 e. The summed E-state index contributed by atoms with van der Waals surface area (Å²) >= 11 is 12.2. The van der Waals surface area contributed by atoms with Crippen LogP contribution in [-0.4, -0.2) is 6.04 Å². The number of benzene rings is 3. The van der Waals surface area contributed by atoms with E-state index in [0.717, 1.165) is 36.3 Å². The third-order valence-electron chi connectivity index (χ3n) is 4.72. The van der Waals surface area contributed by atoms with Gasteiger partial charge in [-0.05, 0) is 43.5 Å². The van der Waals surface area contributed by atoms with Crippen LogP contribution in [0.2, 0.25) is 10.0 Å². The van der Waals surface area contributed by atoms with E-state index in [4.69, 9.17) is 27.9 Å². The highest BCUT2D eigenvalue weighted by Crippen LogP contribution is 2.24. The number of nitrogens with one attached hydrogen (secondary N) is 1. The molecule has 0 unspecified atom stereocenters. The van der Waals surface area contributed by atoms with E-state index in [9.17, 15) is 0 Å². The number of hydrogen-bond donors (Lipinski definition) is 1. The van der Waals surface area contributed by atoms with Gasteiger partial charge in [0.1, 0.15) is 12.4 Å². The lowest BCUT2D eigenvalue weighted by molar-refractivity contribution is 0.301. The molecule has 1 N–H and O–H groups in total. The van der Waals surface area contributed by atoms with Crippen molar-refractivity contribution < 1.29 is 4.74 Å². The first kappa shape index (κ1) is 20.7. The van der Waals surface area contributed by atoms with Crippen molar-refractivity contribution in [2.45, 2.75) is 39.0 Å². The molecule has 1 atom stereocenters. The van der Waals surface area contributed by atoms with E-state index in [0.29, 0.717) is 22.7 Å². The van der Waals surface area contributed by atoms with Crippen molar-refractivity contribution >= 4 is 23.2 Å². The molecule has 0 spiro atoms. The first-order chi connectivity index (χ1) is 13.6. The van der Waals surface area contributed by atoms with Gasteiger partial charge in [0.2, 0.25) is 0 Å². The van der Waals surface area contributed by atoms with Gasteiger partial charge in [-0.2, -0.15) is 0 Å². The number of rotatable bonds is 9. The summed E-state index contributed by atoms with van der Waals surface area (Å²) in [4.78, 5) is 0. The second kappa shape index (κ2) is 10.5. The van der Waals surface area contributed by atoms with Gasteiger partial charge in [0.15, 0.2) is 0 Å². The van der Waals surface area contributed by atoms with Gasteiger partial charge in [-0.1, -0.05) is 77.8 Å². The van der Waals surface area contributed by atoms with Gasteiger partial charge < -0.3 is 10.1 Å². The number of hydrogen-bond acceptors (Lipinski definition) is 2. The highest BCUT2D eigenvalue weighted by Gasteiger charge is 2.08. The van der Waals surface area contributed by atoms with Gasteiger partial charge in [-0.3, -0.25) is 0 Å². The van der Waals surface area contributed by atoms with Crippen molar-refractivity contribution in [3.63, 3.8) is 0 Å². The second-order valence-electron chi connectivity index (χ2n) is 6.94. The van der Waals surface area contributed by atoms with E-state index in [1.54, 1.807) is 6.07 Å². The molecule has 0 saturated carbocycles. The molecule has 0 aliphatic rings. The number of ether oxygens (including phenoxy) is 1. The second-order valence-corrected chi connectivity index (χ2v) is 7.78. The monoisotopic (exact) mass is 413 g/mol. The fourth-order valence-corrected chi connectivity index (χ4v) is 3.46. The van der Waals surface area contributed by atoms with Crippen molar-refractivity contribution in [3.05, 3.63) is 99.5 Å². The van der Waals surface area contributed by atoms with E-state index in [2.05, 4.69) is 48.6 Å². The van der Waals surface area contributed by atoms with Crippen LogP contribution < -0.4 is 10.1 Å². The van der Waals surface area contributed by atoms with Crippen molar-refractivity contribution in [2.24, 2.45) is 0 Å². The Balaban J connectivity index is 1.53. The minimum atomic E-state index is 0.413. The molecular weight excluding hydrogens is 389 g/mol. The lowest BCUT2D eigenvalue weighted by atomic mass is 10.1. The van der Waals surface area contributed by atoms with Crippen LogP contribution in [0.15, 0.2) is 72.8 Å². The third kappa shape index (κ3) is 6.27. The van der Waals surface area contributed by atoms with Crippen LogP contribution in [-0.2, 0) is 19.6 Å². The highest BCUT2D eigenvalue weighted by atomic mass is 35.5. The topological polar surface area (TPSA) is 21.3 Å². The molecule has 0 aliphatic carbocycles. The van der Waals surface area contributed by atoms with Gasteiger partial charge >= 0.3 is 0 Å². The van der Waals surface area contributed by atoms with Crippen LogP contribution in [0.3, 0.4) is 0 Å². The maximum absolute atomic E-state index is 6.25. The number of para-hydroxylation sites is 1. The predicted octanol–water partition coefficient (Wildman–Crippen LogP) is 6.68. The Hall–Kier alpha value is -2.00. The Morgan fingerprint density at radius 3 is 2.43 bits per heavy atom. The summed E-state index contributed by atoms with van der Waals surface area (Å²) in [6, 6.07) is 24.6. The molecule has 4 heteroatoms. The van der Waals surface area contributed by atoms with E-state index in [-0.39, 0.29) is 0 Å². The molecular formula is C24H25Cl2NO. The molecule has 0 aromatic heterocycles.